The minimum Gasteiger partial charge on any atom is -0.473 e. The van der Waals surface area contributed by atoms with Crippen LogP contribution in [-0.2, 0) is 6.32 Å². The summed E-state index contributed by atoms with van der Waals surface area (Å²) < 4.78 is 9.92. The van der Waals surface area contributed by atoms with Crippen molar-refractivity contribution in [3.63, 3.8) is 0 Å². The van der Waals surface area contributed by atoms with Crippen molar-refractivity contribution in [2.75, 3.05) is 0 Å². The molecule has 0 bridgehead atoms. The molecule has 1 aromatic rings. The van der Waals surface area contributed by atoms with E-state index in [2.05, 4.69) is 28.9 Å². The van der Waals surface area contributed by atoms with Crippen molar-refractivity contribution >= 4 is 26.8 Å². The summed E-state index contributed by atoms with van der Waals surface area (Å²) in [7, 11) is 6.26. The van der Waals surface area contributed by atoms with E-state index in [1.807, 2.05) is 7.85 Å². The highest BCUT2D eigenvalue weighted by molar-refractivity contribution is 7.10. The van der Waals surface area contributed by atoms with Crippen molar-refractivity contribution in [2.45, 2.75) is 6.32 Å². The van der Waals surface area contributed by atoms with Crippen LogP contribution in [0.3, 0.4) is 0 Å². The Morgan fingerprint density at radius 1 is 1.33 bits per heavy atom. The van der Waals surface area contributed by atoms with Crippen LogP contribution in [0, 0.1) is 0 Å². The Morgan fingerprint density at radius 2 is 2.08 bits per heavy atom. The van der Waals surface area contributed by atoms with E-state index in [0.29, 0.717) is 11.6 Å². The highest BCUT2D eigenvalue weighted by Crippen LogP contribution is 2.29. The van der Waals surface area contributed by atoms with Gasteiger partial charge in [-0.3, -0.25) is 0 Å². The predicted octanol–water partition coefficient (Wildman–Crippen LogP) is -0.0525. The third-order valence-corrected chi connectivity index (χ3v) is 1.87. The molecule has 0 aliphatic rings. The maximum absolute atomic E-state index is 5.01. The Bertz CT molecular complexity index is 251. The molecule has 0 spiro atoms. The van der Waals surface area contributed by atoms with Gasteiger partial charge in [0.1, 0.15) is 14.2 Å². The van der Waals surface area contributed by atoms with Crippen LogP contribution in [0.25, 0.3) is 0 Å². The van der Waals surface area contributed by atoms with Crippen LogP contribution in [0.1, 0.15) is 5.69 Å². The Balaban J connectivity index is 3.13. The molecule has 1 rings (SSSR count). The lowest BCUT2D eigenvalue weighted by Gasteiger charge is -2.07. The van der Waals surface area contributed by atoms with Crippen LogP contribution < -0.4 is 9.05 Å². The fourth-order valence-corrected chi connectivity index (χ4v) is 1.25. The Labute approximate surface area is 76.4 Å². The van der Waals surface area contributed by atoms with E-state index < -0.39 is 0 Å². The first-order valence-corrected chi connectivity index (χ1v) is 4.35. The van der Waals surface area contributed by atoms with Gasteiger partial charge in [-0.2, -0.15) is 4.98 Å². The van der Waals surface area contributed by atoms with Crippen molar-refractivity contribution < 1.29 is 9.05 Å². The highest BCUT2D eigenvalue weighted by atomic mass is 31.0. The van der Waals surface area contributed by atoms with Crippen LogP contribution in [0.2, 0.25) is 0 Å². The van der Waals surface area contributed by atoms with Crippen LogP contribution in [0.15, 0.2) is 6.33 Å². The number of aromatic nitrogens is 2. The predicted molar refractivity (Wildman–Crippen MR) is 55.0 cm³/mol. The molecule has 2 unspecified atom stereocenters. The molecule has 0 aromatic carbocycles. The molecule has 64 valence electrons. The van der Waals surface area contributed by atoms with E-state index in [9.17, 15) is 0 Å². The molecule has 1 heterocycles. The number of hydrogen-bond acceptors (Lipinski definition) is 4. The Kier molecular flexibility index (Phi) is 3.70. The van der Waals surface area contributed by atoms with E-state index in [1.54, 1.807) is 0 Å². The summed E-state index contributed by atoms with van der Waals surface area (Å²) in [5.74, 6) is 1.00. The topological polar surface area (TPSA) is 44.2 Å². The molecule has 7 heteroatoms. The first kappa shape index (κ1) is 9.69. The second kappa shape index (κ2) is 4.59. The lowest BCUT2D eigenvalue weighted by molar-refractivity contribution is 0.537. The summed E-state index contributed by atoms with van der Waals surface area (Å²) in [5, 5.41) is 0. The Morgan fingerprint density at radius 3 is 2.58 bits per heavy atom. The van der Waals surface area contributed by atoms with E-state index in [-0.39, 0.29) is 0 Å². The first-order chi connectivity index (χ1) is 5.83. The number of hydrogen-bond donors (Lipinski definition) is 0. The monoisotopic (exact) mass is 202 g/mol. The van der Waals surface area contributed by atoms with Gasteiger partial charge in [-0.1, -0.05) is 0 Å². The first-order valence-electron chi connectivity index (χ1n) is 3.40. The van der Waals surface area contributed by atoms with Crippen molar-refractivity contribution in [2.24, 2.45) is 0 Å². The van der Waals surface area contributed by atoms with Gasteiger partial charge in [0.2, 0.25) is 5.75 Å². The molecule has 1 aromatic heterocycles. The lowest BCUT2D eigenvalue weighted by atomic mass is 10.0. The van der Waals surface area contributed by atoms with Crippen molar-refractivity contribution in [1.29, 1.82) is 0 Å². The van der Waals surface area contributed by atoms with E-state index in [1.165, 1.54) is 6.33 Å². The van der Waals surface area contributed by atoms with Crippen LogP contribution in [0.5, 0.6) is 11.6 Å². The van der Waals surface area contributed by atoms with Gasteiger partial charge in [0.25, 0.3) is 5.88 Å². The molecule has 0 aliphatic heterocycles. The molecule has 0 amide bonds. The van der Waals surface area contributed by atoms with Crippen molar-refractivity contribution in [3.8, 4) is 11.6 Å². The minimum absolute atomic E-state index is 0.432. The normalized spacial score (nSPS) is 9.50. The summed E-state index contributed by atoms with van der Waals surface area (Å²) in [6.45, 7) is 0. The fourth-order valence-electron chi connectivity index (χ4n) is 0.846. The largest absolute Gasteiger partial charge is 0.473 e. The quantitative estimate of drug-likeness (QED) is 0.508. The van der Waals surface area contributed by atoms with Gasteiger partial charge in [-0.15, -0.1) is 0 Å². The van der Waals surface area contributed by atoms with Gasteiger partial charge < -0.3 is 9.05 Å². The third kappa shape index (κ3) is 1.85. The van der Waals surface area contributed by atoms with Gasteiger partial charge in [0, 0.05) is 0 Å². The SMILES string of the molecule is BCc1ncnc(OP)c1OP. The van der Waals surface area contributed by atoms with Crippen molar-refractivity contribution in [3.05, 3.63) is 12.0 Å². The smallest absolute Gasteiger partial charge is 0.262 e. The summed E-state index contributed by atoms with van der Waals surface area (Å²) in [5.41, 5.74) is 0.831. The highest BCUT2D eigenvalue weighted by Gasteiger charge is 2.09. The Hall–Kier alpha value is -0.395. The molecule has 4 nitrogen and oxygen atoms in total. The molecule has 0 saturated carbocycles. The van der Waals surface area contributed by atoms with Gasteiger partial charge in [0.05, 0.1) is 24.6 Å². The van der Waals surface area contributed by atoms with Gasteiger partial charge >= 0.3 is 0 Å². The molecule has 0 radical (unpaired) electrons. The van der Waals surface area contributed by atoms with Crippen LogP contribution >= 0.6 is 18.9 Å². The average molecular weight is 202 g/mol. The number of nitrogens with zero attached hydrogens (tertiary/aromatic N) is 2. The number of rotatable bonds is 3. The molecular weight excluding hydrogens is 193 g/mol. The minimum atomic E-state index is 0.432. The molecule has 2 atom stereocenters. The molecular formula is C5H9BN2O2P2. The summed E-state index contributed by atoms with van der Waals surface area (Å²) in [6.07, 6.45) is 2.23. The van der Waals surface area contributed by atoms with Crippen LogP contribution in [-0.4, -0.2) is 17.8 Å². The summed E-state index contributed by atoms with van der Waals surface area (Å²) >= 11 is 0. The second-order valence-electron chi connectivity index (χ2n) is 2.04. The van der Waals surface area contributed by atoms with Crippen molar-refractivity contribution in [1.82, 2.24) is 9.97 Å². The van der Waals surface area contributed by atoms with Crippen LogP contribution in [0.4, 0.5) is 0 Å². The van der Waals surface area contributed by atoms with E-state index in [0.717, 1.165) is 12.0 Å². The maximum atomic E-state index is 5.01. The zero-order chi connectivity index (χ0) is 8.97. The summed E-state index contributed by atoms with van der Waals surface area (Å²) in [4.78, 5) is 7.92. The molecule has 0 saturated heterocycles. The van der Waals surface area contributed by atoms with Gasteiger partial charge in [-0.25, -0.2) is 4.98 Å². The van der Waals surface area contributed by atoms with E-state index >= 15 is 0 Å². The lowest BCUT2D eigenvalue weighted by Crippen LogP contribution is -1.96. The zero-order valence-electron chi connectivity index (χ0n) is 6.65. The zero-order valence-corrected chi connectivity index (χ0v) is 8.96. The molecule has 0 N–H and O–H groups in total. The molecule has 0 fully saturated rings. The molecule has 0 aliphatic carbocycles. The maximum Gasteiger partial charge on any atom is 0.262 e. The second-order valence-corrected chi connectivity index (χ2v) is 2.52. The van der Waals surface area contributed by atoms with E-state index in [4.69, 9.17) is 9.05 Å². The average Bonchev–Trinajstić information content (AvgIpc) is 2.16. The third-order valence-electron chi connectivity index (χ3n) is 1.41. The van der Waals surface area contributed by atoms with Gasteiger partial charge in [-0.05, 0) is 6.32 Å². The van der Waals surface area contributed by atoms with Gasteiger partial charge in [0.15, 0.2) is 0 Å². The summed E-state index contributed by atoms with van der Waals surface area (Å²) in [6, 6.07) is 0. The fraction of sp³-hybridized carbons (Fsp3) is 0.200. The standard InChI is InChI=1S/C5H9BN2O2P2/c6-1-3-4(9-11)5(10-12)8-2-7-3/h2H,1,6,11-12H2. The molecule has 12 heavy (non-hydrogen) atoms.